The minimum atomic E-state index is -3.92. The molecule has 0 radical (unpaired) electrons. The summed E-state index contributed by atoms with van der Waals surface area (Å²) in [6.45, 7) is 8.92. The first-order valence-corrected chi connectivity index (χ1v) is 18.6. The number of ether oxygens (including phenoxy) is 2. The fourth-order valence-electron chi connectivity index (χ4n) is 7.23. The van der Waals surface area contributed by atoms with E-state index in [2.05, 4.69) is 21.9 Å². The molecule has 1 aromatic carbocycles. The van der Waals surface area contributed by atoms with Crippen molar-refractivity contribution in [3.8, 4) is 0 Å². The number of benzene rings is 1. The van der Waals surface area contributed by atoms with Crippen LogP contribution in [0, 0.1) is 11.7 Å². The molecule has 272 valence electrons. The highest BCUT2D eigenvalue weighted by atomic mass is 32.2. The van der Waals surface area contributed by atoms with E-state index in [9.17, 15) is 36.8 Å². The molecule has 0 spiro atoms. The van der Waals surface area contributed by atoms with Crippen LogP contribution in [0.5, 0.6) is 0 Å². The molecule has 3 N–H and O–H groups in total. The lowest BCUT2D eigenvalue weighted by molar-refractivity contribution is -0.144. The summed E-state index contributed by atoms with van der Waals surface area (Å²) in [5.41, 5.74) is -1.40. The van der Waals surface area contributed by atoms with E-state index in [1.54, 1.807) is 32.9 Å². The predicted molar refractivity (Wildman–Crippen MR) is 176 cm³/mol. The van der Waals surface area contributed by atoms with Crippen molar-refractivity contribution in [1.29, 1.82) is 0 Å². The first kappa shape index (κ1) is 35.6. The van der Waals surface area contributed by atoms with Crippen molar-refractivity contribution in [2.24, 2.45) is 5.92 Å². The topological polar surface area (TPSA) is 181 Å². The summed E-state index contributed by atoms with van der Waals surface area (Å²) in [7, 11) is -3.92. The standard InChI is InChI=1S/C34H44FN5O9S/c1-5-20-16-34(20,30(43)38-50(46,47)21-13-14-21)37-28(41)26-15-27(48-32(45)39-17-19-9-8-10-23(35)22(19)18-39)25-12-7-6-11-24(29(42)40(25)26)36-31(44)49-33(2,3)4/h5,8-10,20-21,24-27H,1,6-7,11-18H2,2-4H3,(H,36,44)(H,37,41)(H,38,43)/t20-,24?,25?,26+,27-,34?/m1/s1. The van der Waals surface area contributed by atoms with Crippen LogP contribution in [0.4, 0.5) is 14.0 Å². The van der Waals surface area contributed by atoms with Crippen LogP contribution in [0.2, 0.25) is 0 Å². The van der Waals surface area contributed by atoms with Crippen molar-refractivity contribution in [1.82, 2.24) is 25.2 Å². The summed E-state index contributed by atoms with van der Waals surface area (Å²) in [5.74, 6) is -3.20. The van der Waals surface area contributed by atoms with Crippen LogP contribution in [0.25, 0.3) is 0 Å². The highest BCUT2D eigenvalue weighted by molar-refractivity contribution is 7.91. The summed E-state index contributed by atoms with van der Waals surface area (Å²) in [4.78, 5) is 70.8. The van der Waals surface area contributed by atoms with Crippen LogP contribution >= 0.6 is 0 Å². The third-order valence-electron chi connectivity index (χ3n) is 10.1. The molecular weight excluding hydrogens is 673 g/mol. The second kappa shape index (κ2) is 13.2. The first-order chi connectivity index (χ1) is 23.5. The normalized spacial score (nSPS) is 29.1. The molecule has 16 heteroatoms. The number of rotatable bonds is 8. The molecule has 2 aliphatic carbocycles. The lowest BCUT2D eigenvalue weighted by Gasteiger charge is -2.36. The molecule has 5 amide bonds. The largest absolute Gasteiger partial charge is 0.444 e. The van der Waals surface area contributed by atoms with E-state index < -0.39 is 92.3 Å². The van der Waals surface area contributed by atoms with Gasteiger partial charge in [0, 0.05) is 24.4 Å². The Kier molecular flexibility index (Phi) is 9.37. The van der Waals surface area contributed by atoms with E-state index in [1.165, 1.54) is 21.9 Å². The number of hydrogen-bond acceptors (Lipinski definition) is 9. The van der Waals surface area contributed by atoms with Crippen molar-refractivity contribution in [2.75, 3.05) is 0 Å². The van der Waals surface area contributed by atoms with Gasteiger partial charge in [0.25, 0.3) is 5.91 Å². The van der Waals surface area contributed by atoms with Gasteiger partial charge < -0.3 is 25.0 Å². The first-order valence-electron chi connectivity index (χ1n) is 17.1. The number of nitrogens with zero attached hydrogens (tertiary/aromatic N) is 2. The highest BCUT2D eigenvalue weighted by Crippen LogP contribution is 2.46. The van der Waals surface area contributed by atoms with Gasteiger partial charge in [-0.15, -0.1) is 6.58 Å². The SMILES string of the molecule is C=C[C@@H]1CC1(NC(=O)[C@@H]1C[C@@H](OC(=O)N2Cc3cccc(F)c3C2)C2CCCCC(NC(=O)OC(C)(C)C)C(=O)N21)C(=O)NS(=O)(=O)C1CC1. The third kappa shape index (κ3) is 7.16. The van der Waals surface area contributed by atoms with Gasteiger partial charge in [-0.1, -0.05) is 31.1 Å². The molecule has 3 aliphatic heterocycles. The van der Waals surface area contributed by atoms with E-state index in [0.717, 1.165) is 0 Å². The second-order valence-electron chi connectivity index (χ2n) is 14.9. The van der Waals surface area contributed by atoms with Crippen LogP contribution in [0.1, 0.15) is 83.3 Å². The Hall–Kier alpha value is -4.21. The number of halogens is 1. The van der Waals surface area contributed by atoms with Crippen molar-refractivity contribution in [3.63, 3.8) is 0 Å². The van der Waals surface area contributed by atoms with Crippen molar-refractivity contribution in [2.45, 2.75) is 126 Å². The molecule has 5 aliphatic rings. The monoisotopic (exact) mass is 717 g/mol. The number of carbonyl (C=O) groups is 5. The predicted octanol–water partition coefficient (Wildman–Crippen LogP) is 2.75. The number of fused-ring (bicyclic) bond motifs is 2. The number of amides is 5. The average Bonchev–Trinajstić information content (AvgIpc) is 3.93. The molecule has 14 nitrogen and oxygen atoms in total. The van der Waals surface area contributed by atoms with Gasteiger partial charge in [0.1, 0.15) is 35.1 Å². The summed E-state index contributed by atoms with van der Waals surface area (Å²) in [6, 6.07) is 1.55. The zero-order valence-electron chi connectivity index (χ0n) is 28.4. The van der Waals surface area contributed by atoms with Gasteiger partial charge in [-0.25, -0.2) is 22.4 Å². The van der Waals surface area contributed by atoms with E-state index in [0.29, 0.717) is 43.2 Å². The number of nitrogens with one attached hydrogen (secondary N) is 3. The van der Waals surface area contributed by atoms with E-state index in [-0.39, 0.29) is 32.4 Å². The molecule has 3 heterocycles. The molecule has 50 heavy (non-hydrogen) atoms. The van der Waals surface area contributed by atoms with Crippen molar-refractivity contribution in [3.05, 3.63) is 47.8 Å². The molecule has 6 rings (SSSR count). The molecule has 0 aromatic heterocycles. The lowest BCUT2D eigenvalue weighted by Crippen LogP contribution is -2.60. The van der Waals surface area contributed by atoms with E-state index in [4.69, 9.17) is 9.47 Å². The number of sulfonamides is 1. The summed E-state index contributed by atoms with van der Waals surface area (Å²) in [5, 5.41) is 4.70. The molecule has 4 fully saturated rings. The van der Waals surface area contributed by atoms with Crippen molar-refractivity contribution >= 4 is 39.9 Å². The quantitative estimate of drug-likeness (QED) is 0.341. The maximum absolute atomic E-state index is 14.4. The fraction of sp³-hybridized carbons (Fsp3) is 0.618. The third-order valence-corrected chi connectivity index (χ3v) is 11.9. The molecule has 1 aromatic rings. The highest BCUT2D eigenvalue weighted by Gasteiger charge is 2.62. The summed E-state index contributed by atoms with van der Waals surface area (Å²) < 4.78 is 53.2. The van der Waals surface area contributed by atoms with Gasteiger partial charge >= 0.3 is 12.2 Å². The van der Waals surface area contributed by atoms with Crippen LogP contribution in [-0.4, -0.2) is 88.7 Å². The van der Waals surface area contributed by atoms with E-state index >= 15 is 0 Å². The van der Waals surface area contributed by atoms with E-state index in [1.807, 2.05) is 0 Å². The van der Waals surface area contributed by atoms with Gasteiger partial charge in [0.15, 0.2) is 0 Å². The minimum absolute atomic E-state index is 0.00297. The van der Waals surface area contributed by atoms with Crippen LogP contribution in [0.15, 0.2) is 30.9 Å². The van der Waals surface area contributed by atoms with Gasteiger partial charge in [-0.3, -0.25) is 24.0 Å². The Balaban J connectivity index is 1.25. The molecule has 6 atom stereocenters. The fourth-order valence-corrected chi connectivity index (χ4v) is 8.59. The minimum Gasteiger partial charge on any atom is -0.444 e. The molecular formula is C34H44FN5O9S. The van der Waals surface area contributed by atoms with Gasteiger partial charge in [0.2, 0.25) is 21.8 Å². The van der Waals surface area contributed by atoms with Crippen LogP contribution < -0.4 is 15.4 Å². The Bertz CT molecular complexity index is 1710. The average molecular weight is 718 g/mol. The number of alkyl carbamates (subject to hydrolysis) is 1. The maximum atomic E-state index is 14.4. The molecule has 2 saturated carbocycles. The molecule has 0 bridgehead atoms. The Morgan fingerprint density at radius 2 is 1.80 bits per heavy atom. The Morgan fingerprint density at radius 3 is 2.44 bits per heavy atom. The zero-order chi connectivity index (χ0) is 36.2. The molecule has 2 saturated heterocycles. The van der Waals surface area contributed by atoms with Gasteiger partial charge in [0.05, 0.1) is 17.8 Å². The number of carbonyl (C=O) groups excluding carboxylic acids is 5. The Morgan fingerprint density at radius 1 is 1.08 bits per heavy atom. The maximum Gasteiger partial charge on any atom is 0.410 e. The van der Waals surface area contributed by atoms with Crippen molar-refractivity contribution < 1.29 is 46.3 Å². The van der Waals surface area contributed by atoms with Crippen LogP contribution in [0.3, 0.4) is 0 Å². The Labute approximate surface area is 290 Å². The number of hydrogen-bond donors (Lipinski definition) is 3. The summed E-state index contributed by atoms with van der Waals surface area (Å²) in [6.07, 6.45) is 1.58. The molecule has 3 unspecified atom stereocenters. The second-order valence-corrected chi connectivity index (χ2v) is 16.8. The van der Waals surface area contributed by atoms with Gasteiger partial charge in [-0.05, 0) is 64.5 Å². The lowest BCUT2D eigenvalue weighted by atomic mass is 9.98. The summed E-state index contributed by atoms with van der Waals surface area (Å²) >= 11 is 0. The smallest absolute Gasteiger partial charge is 0.410 e. The van der Waals surface area contributed by atoms with Crippen LogP contribution in [-0.2, 0) is 47.0 Å². The van der Waals surface area contributed by atoms with Gasteiger partial charge in [-0.2, -0.15) is 0 Å². The zero-order valence-corrected chi connectivity index (χ0v) is 29.2.